The van der Waals surface area contributed by atoms with Crippen LogP contribution in [0.25, 0.3) is 0 Å². The van der Waals surface area contributed by atoms with Gasteiger partial charge in [0.1, 0.15) is 17.2 Å². The molecular weight excluding hydrogens is 620 g/mol. The summed E-state index contributed by atoms with van der Waals surface area (Å²) in [5.41, 5.74) is 0.728. The summed E-state index contributed by atoms with van der Waals surface area (Å²) in [6, 6.07) is 18.8. The Morgan fingerprint density at radius 2 is 1.60 bits per heavy atom. The zero-order valence-electron chi connectivity index (χ0n) is 26.3. The molecule has 242 valence electrons. The van der Waals surface area contributed by atoms with Crippen molar-refractivity contribution in [3.63, 3.8) is 0 Å². The number of carbonyl (C=O) groups excluding carboxylic acids is 4. The number of phenolic OH excluding ortho intramolecular Hbond substituents is 1. The number of rotatable bonds is 7. The average Bonchev–Trinajstić information content (AvgIpc) is 3.45. The SMILES string of the molecule is CCCN1C(=O)C2CC=C3C(CC4C(=O)N(c5cccc(Cl)c5)C(=O)C4(c4ccccc4)C3c3c(OC)cc(O)cc3OC)C2C1=O. The summed E-state index contributed by atoms with van der Waals surface area (Å²) in [4.78, 5) is 60.4. The highest BCUT2D eigenvalue weighted by Gasteiger charge is 2.70. The molecule has 47 heavy (non-hydrogen) atoms. The van der Waals surface area contributed by atoms with Crippen molar-refractivity contribution in [2.75, 3.05) is 25.7 Å². The number of hydrogen-bond donors (Lipinski definition) is 1. The molecule has 3 fully saturated rings. The lowest BCUT2D eigenvalue weighted by Gasteiger charge is -2.51. The van der Waals surface area contributed by atoms with E-state index in [1.807, 2.05) is 43.3 Å². The van der Waals surface area contributed by atoms with E-state index in [9.17, 15) is 19.5 Å². The number of imide groups is 2. The molecule has 10 heteroatoms. The monoisotopic (exact) mass is 654 g/mol. The molecule has 3 aromatic carbocycles. The summed E-state index contributed by atoms with van der Waals surface area (Å²) in [7, 11) is 2.94. The molecule has 7 rings (SSSR count). The average molecular weight is 655 g/mol. The Morgan fingerprint density at radius 1 is 0.894 bits per heavy atom. The van der Waals surface area contributed by atoms with Crippen LogP contribution in [-0.2, 0) is 24.6 Å². The number of amides is 4. The number of benzene rings is 3. The van der Waals surface area contributed by atoms with Crippen LogP contribution in [0.3, 0.4) is 0 Å². The van der Waals surface area contributed by atoms with E-state index in [2.05, 4.69) is 0 Å². The first kappa shape index (κ1) is 31.0. The van der Waals surface area contributed by atoms with Crippen LogP contribution >= 0.6 is 11.6 Å². The number of nitrogens with zero attached hydrogens (tertiary/aromatic N) is 2. The lowest BCUT2D eigenvalue weighted by Crippen LogP contribution is -2.53. The Kier molecular flexibility index (Phi) is 7.62. The zero-order chi connectivity index (χ0) is 33.2. The lowest BCUT2D eigenvalue weighted by atomic mass is 9.49. The molecular formula is C37H35ClN2O7. The van der Waals surface area contributed by atoms with Gasteiger partial charge in [0.05, 0.1) is 43.1 Å². The Bertz CT molecular complexity index is 1820. The van der Waals surface area contributed by atoms with E-state index >= 15 is 4.79 Å². The summed E-state index contributed by atoms with van der Waals surface area (Å²) in [5.74, 6) is -4.36. The van der Waals surface area contributed by atoms with E-state index in [1.165, 1.54) is 36.2 Å². The molecule has 0 radical (unpaired) electrons. The minimum absolute atomic E-state index is 0.0982. The highest BCUT2D eigenvalue weighted by molar-refractivity contribution is 6.32. The Labute approximate surface area is 277 Å². The van der Waals surface area contributed by atoms with Crippen molar-refractivity contribution in [2.24, 2.45) is 23.7 Å². The molecule has 6 unspecified atom stereocenters. The fourth-order valence-corrected chi connectivity index (χ4v) is 8.96. The molecule has 1 N–H and O–H groups in total. The second-order valence-corrected chi connectivity index (χ2v) is 13.1. The Hall–Kier alpha value is -4.63. The normalized spacial score (nSPS) is 28.2. The Balaban J connectivity index is 1.55. The number of likely N-dealkylation sites (tertiary alicyclic amines) is 1. The maximum atomic E-state index is 15.4. The predicted molar refractivity (Wildman–Crippen MR) is 174 cm³/mol. The van der Waals surface area contributed by atoms with Gasteiger partial charge in [0, 0.05) is 35.2 Å². The van der Waals surface area contributed by atoms with Crippen LogP contribution in [0.4, 0.5) is 5.69 Å². The first-order chi connectivity index (χ1) is 22.7. The molecule has 1 saturated carbocycles. The van der Waals surface area contributed by atoms with Gasteiger partial charge in [0.25, 0.3) is 0 Å². The number of anilines is 1. The van der Waals surface area contributed by atoms with Gasteiger partial charge < -0.3 is 14.6 Å². The molecule has 2 aliphatic heterocycles. The molecule has 0 spiro atoms. The number of halogens is 1. The fraction of sp³-hybridized carbons (Fsp3) is 0.351. The van der Waals surface area contributed by atoms with Crippen LogP contribution in [0.5, 0.6) is 17.2 Å². The standard InChI is InChI=1S/C37H35ClN2O7/c1-4-15-39-33(42)25-14-13-24-26(30(25)35(39)44)19-27-34(43)40(22-12-8-11-21(38)16-22)36(45)37(27,20-9-6-5-7-10-20)32(24)31-28(46-2)17-23(41)18-29(31)47-3/h5-13,16-18,25-27,30,32,41H,4,14-15,19H2,1-3H3. The van der Waals surface area contributed by atoms with Crippen molar-refractivity contribution in [3.8, 4) is 17.2 Å². The number of carbonyl (C=O) groups is 4. The third-order valence-electron chi connectivity index (χ3n) is 10.5. The van der Waals surface area contributed by atoms with Gasteiger partial charge in [-0.1, -0.05) is 66.6 Å². The summed E-state index contributed by atoms with van der Waals surface area (Å²) < 4.78 is 11.7. The molecule has 4 amide bonds. The number of aromatic hydroxyl groups is 1. The highest BCUT2D eigenvalue weighted by Crippen LogP contribution is 2.66. The molecule has 9 nitrogen and oxygen atoms in total. The van der Waals surface area contributed by atoms with Crippen molar-refractivity contribution in [2.45, 2.75) is 37.5 Å². The summed E-state index contributed by atoms with van der Waals surface area (Å²) in [6.07, 6.45) is 3.12. The molecule has 3 aromatic rings. The van der Waals surface area contributed by atoms with E-state index in [1.54, 1.807) is 24.3 Å². The summed E-state index contributed by atoms with van der Waals surface area (Å²) >= 11 is 6.38. The molecule has 2 heterocycles. The minimum atomic E-state index is -1.50. The number of allylic oxidation sites excluding steroid dienone is 2. The zero-order valence-corrected chi connectivity index (χ0v) is 27.1. The van der Waals surface area contributed by atoms with Crippen molar-refractivity contribution in [1.82, 2.24) is 4.90 Å². The van der Waals surface area contributed by atoms with Gasteiger partial charge in [0.2, 0.25) is 23.6 Å². The second-order valence-electron chi connectivity index (χ2n) is 12.7. The number of phenols is 1. The minimum Gasteiger partial charge on any atom is -0.508 e. The molecule has 6 atom stereocenters. The van der Waals surface area contributed by atoms with Crippen molar-refractivity contribution in [1.29, 1.82) is 0 Å². The van der Waals surface area contributed by atoms with Gasteiger partial charge in [-0.3, -0.25) is 24.1 Å². The van der Waals surface area contributed by atoms with Crippen molar-refractivity contribution >= 4 is 40.9 Å². The van der Waals surface area contributed by atoms with E-state index < -0.39 is 46.8 Å². The first-order valence-corrected chi connectivity index (χ1v) is 16.3. The topological polar surface area (TPSA) is 113 Å². The molecule has 2 aliphatic carbocycles. The molecule has 0 bridgehead atoms. The van der Waals surface area contributed by atoms with E-state index in [4.69, 9.17) is 21.1 Å². The first-order valence-electron chi connectivity index (χ1n) is 15.9. The van der Waals surface area contributed by atoms with Crippen molar-refractivity contribution < 1.29 is 33.8 Å². The van der Waals surface area contributed by atoms with Gasteiger partial charge in [-0.05, 0) is 48.9 Å². The van der Waals surface area contributed by atoms with Crippen molar-refractivity contribution in [3.05, 3.63) is 94.5 Å². The van der Waals surface area contributed by atoms with E-state index in [0.29, 0.717) is 41.2 Å². The van der Waals surface area contributed by atoms with Crippen LogP contribution < -0.4 is 14.4 Å². The molecule has 0 aromatic heterocycles. The lowest BCUT2D eigenvalue weighted by molar-refractivity contribution is -0.140. The number of hydrogen-bond acceptors (Lipinski definition) is 7. The van der Waals surface area contributed by atoms with Crippen LogP contribution in [-0.4, -0.2) is 54.4 Å². The van der Waals surface area contributed by atoms with Gasteiger partial charge >= 0.3 is 0 Å². The molecule has 2 saturated heterocycles. The number of ether oxygens (including phenoxy) is 2. The highest BCUT2D eigenvalue weighted by atomic mass is 35.5. The third-order valence-corrected chi connectivity index (χ3v) is 10.8. The summed E-state index contributed by atoms with van der Waals surface area (Å²) in [6.45, 7) is 2.25. The predicted octanol–water partition coefficient (Wildman–Crippen LogP) is 5.64. The Morgan fingerprint density at radius 3 is 2.23 bits per heavy atom. The van der Waals surface area contributed by atoms with Crippen LogP contribution in [0.1, 0.15) is 43.2 Å². The van der Waals surface area contributed by atoms with Crippen LogP contribution in [0, 0.1) is 23.7 Å². The fourth-order valence-electron chi connectivity index (χ4n) is 8.78. The largest absolute Gasteiger partial charge is 0.508 e. The smallest absolute Gasteiger partial charge is 0.246 e. The van der Waals surface area contributed by atoms with Gasteiger partial charge in [0.15, 0.2) is 0 Å². The maximum Gasteiger partial charge on any atom is 0.246 e. The maximum absolute atomic E-state index is 15.4. The van der Waals surface area contributed by atoms with E-state index in [-0.39, 0.29) is 35.5 Å². The number of methoxy groups -OCH3 is 2. The number of fused-ring (bicyclic) bond motifs is 4. The second kappa shape index (κ2) is 11.6. The van der Waals surface area contributed by atoms with Gasteiger partial charge in [-0.25, -0.2) is 4.90 Å². The van der Waals surface area contributed by atoms with Gasteiger partial charge in [-0.2, -0.15) is 0 Å². The van der Waals surface area contributed by atoms with Crippen LogP contribution in [0.15, 0.2) is 78.4 Å². The molecule has 4 aliphatic rings. The van der Waals surface area contributed by atoms with Gasteiger partial charge in [-0.15, -0.1) is 0 Å². The van der Waals surface area contributed by atoms with E-state index in [0.717, 1.165) is 5.57 Å². The summed E-state index contributed by atoms with van der Waals surface area (Å²) in [5, 5.41) is 11.0. The van der Waals surface area contributed by atoms with Crippen LogP contribution in [0.2, 0.25) is 5.02 Å². The quantitative estimate of drug-likeness (QED) is 0.259. The third kappa shape index (κ3) is 4.35.